The molecule has 6 heterocycles. The lowest BCUT2D eigenvalue weighted by Crippen LogP contribution is -2.40. The summed E-state index contributed by atoms with van der Waals surface area (Å²) in [4.78, 5) is 97.5. The summed E-state index contributed by atoms with van der Waals surface area (Å²) in [5.74, 6) is -1.33. The van der Waals surface area contributed by atoms with E-state index >= 15 is 9.59 Å². The van der Waals surface area contributed by atoms with Crippen molar-refractivity contribution in [3.63, 3.8) is 0 Å². The standard InChI is InChI=1S/C70H82N4O6S2/c1-5-9-13-17-21-25-43-71-63(57-41-39-55(81-57)47-35-37-53-59-49(47)31-29-33-51(59)65(75)73(67(53)77)45-27-23-19-15-11-7-3)61-62(69(71)79)64(72(70(61)80)44-26-22-18-14-10-6-2)58-42-40-56(82-58)48-36-38-54-60-50(48)32-30-34-52(60)66(76)74(68(54)78)46-28-24-20-16-12-8-4/h29-42H,5-28,43-46H2,1-4H3. The predicted molar refractivity (Wildman–Crippen MR) is 336 cm³/mol. The van der Waals surface area contributed by atoms with Crippen LogP contribution in [0.3, 0.4) is 0 Å². The third-order valence-electron chi connectivity index (χ3n) is 17.3. The number of nitrogens with zero attached hydrogens (tertiary/aromatic N) is 4. The van der Waals surface area contributed by atoms with Crippen LogP contribution >= 0.6 is 22.7 Å². The van der Waals surface area contributed by atoms with Crippen molar-refractivity contribution >= 4 is 91.1 Å². The quantitative estimate of drug-likeness (QED) is 0.0307. The number of imide groups is 2. The predicted octanol–water partition coefficient (Wildman–Crippen LogP) is 17.9. The van der Waals surface area contributed by atoms with Gasteiger partial charge in [0.05, 0.1) is 32.3 Å². The molecule has 4 aliphatic heterocycles. The molecule has 2 aromatic heterocycles. The Morgan fingerprint density at radius 3 is 0.902 bits per heavy atom. The Labute approximate surface area is 493 Å². The minimum absolute atomic E-state index is 0.162. The van der Waals surface area contributed by atoms with Crippen molar-refractivity contribution < 1.29 is 28.8 Å². The van der Waals surface area contributed by atoms with E-state index in [1.165, 1.54) is 58.2 Å². The SMILES string of the molecule is CCCCCCCCN1C(=O)c2cccc3c(-c4ccc(C5=C6C(=O)N(CCCCCCCC)C(c7ccc(-c8ccc9c%10c(cccc8%10)C(=O)N(CCCCCCCC)C9=O)s7)=C6C(=O)N5CCCCCCCC)s4)ccc(c23)C1=O. The monoisotopic (exact) mass is 1140 g/mol. The molecular weight excluding hydrogens is 1060 g/mol. The highest BCUT2D eigenvalue weighted by Crippen LogP contribution is 2.51. The lowest BCUT2D eigenvalue weighted by atomic mass is 9.90. The van der Waals surface area contributed by atoms with Crippen molar-refractivity contribution in [3.8, 4) is 20.9 Å². The van der Waals surface area contributed by atoms with Gasteiger partial charge in [-0.3, -0.25) is 38.6 Å². The van der Waals surface area contributed by atoms with Crippen molar-refractivity contribution in [2.24, 2.45) is 0 Å². The number of hydrogen-bond donors (Lipinski definition) is 0. The number of benzene rings is 4. The van der Waals surface area contributed by atoms with Crippen LogP contribution in [-0.2, 0) is 9.59 Å². The van der Waals surface area contributed by atoms with E-state index in [1.807, 2.05) is 82.6 Å². The van der Waals surface area contributed by atoms with Gasteiger partial charge in [-0.25, -0.2) is 0 Å². The zero-order valence-electron chi connectivity index (χ0n) is 48.9. The van der Waals surface area contributed by atoms with Gasteiger partial charge in [0.25, 0.3) is 35.4 Å². The summed E-state index contributed by atoms with van der Waals surface area (Å²) in [6.45, 7) is 10.6. The Kier molecular flexibility index (Phi) is 19.5. The van der Waals surface area contributed by atoms with Gasteiger partial charge in [-0.1, -0.05) is 193 Å². The Hall–Kier alpha value is -6.50. The number of amides is 6. The summed E-state index contributed by atoms with van der Waals surface area (Å²) in [5.41, 5.74) is 6.12. The molecule has 0 radical (unpaired) electrons. The summed E-state index contributed by atoms with van der Waals surface area (Å²) in [5, 5.41) is 3.00. The molecule has 12 heteroatoms. The summed E-state index contributed by atoms with van der Waals surface area (Å²) in [6, 6.07) is 27.4. The molecule has 6 aromatic rings. The maximum atomic E-state index is 15.5. The van der Waals surface area contributed by atoms with Crippen LogP contribution in [0.5, 0.6) is 0 Å². The van der Waals surface area contributed by atoms with Crippen LogP contribution in [-0.4, -0.2) is 81.2 Å². The summed E-state index contributed by atoms with van der Waals surface area (Å²) in [6.07, 6.45) is 25.3. The van der Waals surface area contributed by atoms with Gasteiger partial charge in [0.1, 0.15) is 0 Å². The highest BCUT2D eigenvalue weighted by Gasteiger charge is 2.49. The van der Waals surface area contributed by atoms with E-state index in [0.29, 0.717) is 81.7 Å². The molecule has 430 valence electrons. The molecule has 0 spiro atoms. The van der Waals surface area contributed by atoms with Crippen molar-refractivity contribution in [1.82, 2.24) is 19.6 Å². The third kappa shape index (κ3) is 11.7. The lowest BCUT2D eigenvalue weighted by Gasteiger charge is -2.27. The number of fused-ring (bicyclic) bond motifs is 1. The molecule has 4 aromatic carbocycles. The maximum Gasteiger partial charge on any atom is 0.261 e. The van der Waals surface area contributed by atoms with E-state index < -0.39 is 0 Å². The zero-order chi connectivity index (χ0) is 57.3. The van der Waals surface area contributed by atoms with Gasteiger partial charge in [0.15, 0.2) is 0 Å². The van der Waals surface area contributed by atoms with E-state index in [9.17, 15) is 19.2 Å². The van der Waals surface area contributed by atoms with Gasteiger partial charge < -0.3 is 9.80 Å². The summed E-state index contributed by atoms with van der Waals surface area (Å²) < 4.78 is 0. The fourth-order valence-corrected chi connectivity index (χ4v) is 15.1. The van der Waals surface area contributed by atoms with Gasteiger partial charge in [0, 0.05) is 69.0 Å². The minimum Gasteiger partial charge on any atom is -0.306 e. The molecule has 0 bridgehead atoms. The fraction of sp³-hybridized carbons (Fsp3) is 0.457. The van der Waals surface area contributed by atoms with E-state index in [-0.39, 0.29) is 35.4 Å². The first-order valence-corrected chi connectivity index (χ1v) is 32.9. The van der Waals surface area contributed by atoms with Crippen LogP contribution < -0.4 is 0 Å². The van der Waals surface area contributed by atoms with Crippen molar-refractivity contribution in [1.29, 1.82) is 0 Å². The maximum absolute atomic E-state index is 15.5. The second kappa shape index (κ2) is 27.3. The number of unbranched alkanes of at least 4 members (excludes halogenated alkanes) is 20. The molecule has 4 aliphatic rings. The van der Waals surface area contributed by atoms with Gasteiger partial charge >= 0.3 is 0 Å². The second-order valence-corrected chi connectivity index (χ2v) is 25.2. The van der Waals surface area contributed by atoms with Gasteiger partial charge in [0.2, 0.25) is 0 Å². The molecule has 0 aliphatic carbocycles. The van der Waals surface area contributed by atoms with Crippen LogP contribution in [0.4, 0.5) is 0 Å². The van der Waals surface area contributed by atoms with Crippen LogP contribution in [0.2, 0.25) is 0 Å². The van der Waals surface area contributed by atoms with Gasteiger partial charge in [-0.05, 0) is 96.1 Å². The van der Waals surface area contributed by atoms with Gasteiger partial charge in [-0.15, -0.1) is 22.7 Å². The number of thiophene rings is 2. The molecule has 82 heavy (non-hydrogen) atoms. The molecule has 0 fully saturated rings. The van der Waals surface area contributed by atoms with Crippen LogP contribution in [0, 0.1) is 0 Å². The number of rotatable bonds is 32. The molecule has 0 N–H and O–H groups in total. The van der Waals surface area contributed by atoms with E-state index in [1.54, 1.807) is 0 Å². The smallest absolute Gasteiger partial charge is 0.261 e. The lowest BCUT2D eigenvalue weighted by molar-refractivity contribution is -0.124. The first-order chi connectivity index (χ1) is 40.1. The Morgan fingerprint density at radius 2 is 0.561 bits per heavy atom. The number of carbonyl (C=O) groups is 6. The first kappa shape index (κ1) is 58.7. The molecule has 0 saturated heterocycles. The topological polar surface area (TPSA) is 115 Å². The minimum atomic E-state index is -0.250. The van der Waals surface area contributed by atoms with Crippen molar-refractivity contribution in [2.45, 2.75) is 182 Å². The zero-order valence-corrected chi connectivity index (χ0v) is 50.6. The molecule has 6 amide bonds. The Balaban J connectivity index is 1.01. The molecule has 10 rings (SSSR count). The van der Waals surface area contributed by atoms with E-state index in [2.05, 4.69) is 39.8 Å². The van der Waals surface area contributed by atoms with Crippen molar-refractivity contribution in [2.75, 3.05) is 26.2 Å². The molecule has 0 saturated carbocycles. The normalized spacial score (nSPS) is 15.2. The number of carbonyl (C=O) groups excluding carboxylic acids is 6. The fourth-order valence-electron chi connectivity index (χ4n) is 12.9. The van der Waals surface area contributed by atoms with Crippen LogP contribution in [0.25, 0.3) is 53.8 Å². The third-order valence-corrected chi connectivity index (χ3v) is 19.6. The molecule has 0 unspecified atom stereocenters. The van der Waals surface area contributed by atoms with Gasteiger partial charge in [-0.2, -0.15) is 0 Å². The van der Waals surface area contributed by atoms with Crippen LogP contribution in [0.1, 0.15) is 233 Å². The largest absolute Gasteiger partial charge is 0.306 e. The Bertz CT molecular complexity index is 3180. The average Bonchev–Trinajstić information content (AvgIpc) is 3.03. The second-order valence-electron chi connectivity index (χ2n) is 23.1. The van der Waals surface area contributed by atoms with Crippen molar-refractivity contribution in [3.05, 3.63) is 128 Å². The van der Waals surface area contributed by atoms with Crippen LogP contribution in [0.15, 0.2) is 96.1 Å². The summed E-state index contributed by atoms with van der Waals surface area (Å²) >= 11 is 3.07. The number of hydrogen-bond acceptors (Lipinski definition) is 8. The highest BCUT2D eigenvalue weighted by atomic mass is 32.1. The Morgan fingerprint density at radius 1 is 0.280 bits per heavy atom. The average molecular weight is 1140 g/mol. The summed E-state index contributed by atoms with van der Waals surface area (Å²) in [7, 11) is 0. The molecular formula is C70H82N4O6S2. The molecule has 0 atom stereocenters. The van der Waals surface area contributed by atoms with E-state index in [0.717, 1.165) is 170 Å². The molecule has 10 nitrogen and oxygen atoms in total. The highest BCUT2D eigenvalue weighted by molar-refractivity contribution is 7.17. The first-order valence-electron chi connectivity index (χ1n) is 31.3. The van der Waals surface area contributed by atoms with E-state index in [4.69, 9.17) is 0 Å².